The Labute approximate surface area is 179 Å². The minimum atomic E-state index is -0.494. The number of hydrogen-bond donors (Lipinski definition) is 3. The number of primary amides is 1. The highest BCUT2D eigenvalue weighted by Crippen LogP contribution is 2.13. The molecule has 1 atom stereocenters. The lowest BCUT2D eigenvalue weighted by molar-refractivity contribution is -0.119. The van der Waals surface area contributed by atoms with E-state index in [-0.39, 0.29) is 6.61 Å². The number of nitrogens with one attached hydrogen (secondary N) is 2. The zero-order valence-corrected chi connectivity index (χ0v) is 18.1. The molecule has 7 nitrogen and oxygen atoms in total. The number of rotatable bonds is 11. The van der Waals surface area contributed by atoms with Crippen molar-refractivity contribution in [1.29, 1.82) is 0 Å². The molecule has 0 saturated heterocycles. The molecule has 4 N–H and O–H groups in total. The van der Waals surface area contributed by atoms with E-state index < -0.39 is 5.91 Å². The molecule has 162 valence electrons. The predicted octanol–water partition coefficient (Wildman–Crippen LogP) is 2.13. The Bertz CT molecular complexity index is 810. The number of benzene rings is 2. The van der Waals surface area contributed by atoms with Crippen LogP contribution in [0.1, 0.15) is 24.5 Å². The highest BCUT2D eigenvalue weighted by molar-refractivity contribution is 5.79. The van der Waals surface area contributed by atoms with Crippen molar-refractivity contribution in [1.82, 2.24) is 15.5 Å². The average Bonchev–Trinajstić information content (AvgIpc) is 2.75. The molecule has 0 aliphatic carbocycles. The van der Waals surface area contributed by atoms with Gasteiger partial charge in [0.15, 0.2) is 12.6 Å². The summed E-state index contributed by atoms with van der Waals surface area (Å²) in [6.07, 6.45) is 1.00. The molecule has 30 heavy (non-hydrogen) atoms. The van der Waals surface area contributed by atoms with E-state index >= 15 is 0 Å². The van der Waals surface area contributed by atoms with E-state index in [4.69, 9.17) is 10.5 Å². The summed E-state index contributed by atoms with van der Waals surface area (Å²) >= 11 is 0. The maximum Gasteiger partial charge on any atom is 0.255 e. The molecule has 2 rings (SSSR count). The van der Waals surface area contributed by atoms with Gasteiger partial charge in [-0.15, -0.1) is 0 Å². The van der Waals surface area contributed by atoms with Crippen LogP contribution in [0.3, 0.4) is 0 Å². The molecule has 1 unspecified atom stereocenters. The fraction of sp³-hybridized carbons (Fsp3) is 0.391. The Kier molecular flexibility index (Phi) is 9.67. The van der Waals surface area contributed by atoms with Gasteiger partial charge in [0.05, 0.1) is 0 Å². The average molecular weight is 412 g/mol. The molecule has 0 aliphatic rings. The van der Waals surface area contributed by atoms with E-state index in [1.54, 1.807) is 13.1 Å². The van der Waals surface area contributed by atoms with E-state index in [1.165, 1.54) is 5.56 Å². The van der Waals surface area contributed by atoms with Gasteiger partial charge >= 0.3 is 0 Å². The molecule has 0 aliphatic heterocycles. The van der Waals surface area contributed by atoms with Crippen LogP contribution in [-0.4, -0.2) is 50.1 Å². The van der Waals surface area contributed by atoms with Crippen molar-refractivity contribution in [3.63, 3.8) is 0 Å². The summed E-state index contributed by atoms with van der Waals surface area (Å²) in [4.78, 5) is 17.5. The lowest BCUT2D eigenvalue weighted by Gasteiger charge is -2.25. The first-order valence-corrected chi connectivity index (χ1v) is 10.2. The van der Waals surface area contributed by atoms with Gasteiger partial charge in [-0.3, -0.25) is 14.7 Å². The van der Waals surface area contributed by atoms with Gasteiger partial charge in [-0.05, 0) is 43.7 Å². The molecular formula is C23H33N5O2. The van der Waals surface area contributed by atoms with Gasteiger partial charge in [-0.1, -0.05) is 42.5 Å². The molecule has 1 amide bonds. The Balaban J connectivity index is 1.73. The summed E-state index contributed by atoms with van der Waals surface area (Å²) in [7, 11) is 3.91. The minimum absolute atomic E-state index is 0.128. The molecule has 7 heteroatoms. The summed E-state index contributed by atoms with van der Waals surface area (Å²) in [6, 6.07) is 18.5. The molecule has 2 aromatic carbocycles. The van der Waals surface area contributed by atoms with Gasteiger partial charge in [0, 0.05) is 32.7 Å². The van der Waals surface area contributed by atoms with Gasteiger partial charge in [-0.2, -0.15) is 0 Å². The monoisotopic (exact) mass is 411 g/mol. The SMILES string of the molecule is CN=C(NCCC(C)N(C)Cc1ccccc1)NCc1cccc(OCC(N)=O)c1. The van der Waals surface area contributed by atoms with Crippen LogP contribution >= 0.6 is 0 Å². The third kappa shape index (κ3) is 8.53. The highest BCUT2D eigenvalue weighted by atomic mass is 16.5. The number of ether oxygens (including phenoxy) is 1. The smallest absolute Gasteiger partial charge is 0.255 e. The number of guanidine groups is 1. The van der Waals surface area contributed by atoms with Crippen LogP contribution in [0.4, 0.5) is 0 Å². The van der Waals surface area contributed by atoms with Crippen molar-refractivity contribution in [3.8, 4) is 5.75 Å². The largest absolute Gasteiger partial charge is 0.484 e. The zero-order chi connectivity index (χ0) is 21.8. The summed E-state index contributed by atoms with van der Waals surface area (Å²) in [6.45, 7) is 4.46. The number of nitrogens with two attached hydrogens (primary N) is 1. The maximum absolute atomic E-state index is 10.9. The lowest BCUT2D eigenvalue weighted by Crippen LogP contribution is -2.39. The minimum Gasteiger partial charge on any atom is -0.484 e. The number of aliphatic imine (C=N–C) groups is 1. The Morgan fingerprint density at radius 1 is 1.13 bits per heavy atom. The first kappa shape index (κ1) is 23.2. The van der Waals surface area contributed by atoms with Crippen LogP contribution in [0.25, 0.3) is 0 Å². The first-order valence-electron chi connectivity index (χ1n) is 10.2. The molecule has 0 radical (unpaired) electrons. The number of amides is 1. The quantitative estimate of drug-likeness (QED) is 0.389. The van der Waals surface area contributed by atoms with Crippen molar-refractivity contribution >= 4 is 11.9 Å². The van der Waals surface area contributed by atoms with E-state index in [0.29, 0.717) is 18.3 Å². The molecule has 0 bridgehead atoms. The second-order valence-electron chi connectivity index (χ2n) is 7.29. The summed E-state index contributed by atoms with van der Waals surface area (Å²) in [5, 5.41) is 6.66. The van der Waals surface area contributed by atoms with Crippen LogP contribution in [0.5, 0.6) is 5.75 Å². The van der Waals surface area contributed by atoms with Crippen LogP contribution in [0, 0.1) is 0 Å². The van der Waals surface area contributed by atoms with E-state index in [9.17, 15) is 4.79 Å². The Morgan fingerprint density at radius 3 is 2.57 bits per heavy atom. The topological polar surface area (TPSA) is 92.0 Å². The Morgan fingerprint density at radius 2 is 1.87 bits per heavy atom. The number of carbonyl (C=O) groups excluding carboxylic acids is 1. The van der Waals surface area contributed by atoms with Crippen molar-refractivity contribution in [2.75, 3.05) is 27.2 Å². The van der Waals surface area contributed by atoms with E-state index in [0.717, 1.165) is 31.0 Å². The third-order valence-electron chi connectivity index (χ3n) is 4.84. The lowest BCUT2D eigenvalue weighted by atomic mass is 10.1. The molecular weight excluding hydrogens is 378 g/mol. The maximum atomic E-state index is 10.9. The fourth-order valence-electron chi connectivity index (χ4n) is 2.95. The Hall–Kier alpha value is -3.06. The number of carbonyl (C=O) groups is 1. The van der Waals surface area contributed by atoms with Crippen molar-refractivity contribution in [3.05, 3.63) is 65.7 Å². The van der Waals surface area contributed by atoms with Crippen molar-refractivity contribution in [2.24, 2.45) is 10.7 Å². The van der Waals surface area contributed by atoms with Gasteiger partial charge in [0.25, 0.3) is 5.91 Å². The predicted molar refractivity (Wildman–Crippen MR) is 121 cm³/mol. The fourth-order valence-corrected chi connectivity index (χ4v) is 2.95. The summed E-state index contributed by atoms with van der Waals surface area (Å²) in [5.74, 6) is 0.870. The van der Waals surface area contributed by atoms with E-state index in [1.807, 2.05) is 24.3 Å². The molecule has 0 saturated carbocycles. The van der Waals surface area contributed by atoms with Crippen LogP contribution in [-0.2, 0) is 17.9 Å². The molecule has 0 spiro atoms. The summed E-state index contributed by atoms with van der Waals surface area (Å²) in [5.41, 5.74) is 7.46. The molecule has 0 fully saturated rings. The molecule has 0 heterocycles. The highest BCUT2D eigenvalue weighted by Gasteiger charge is 2.10. The van der Waals surface area contributed by atoms with Crippen LogP contribution in [0.15, 0.2) is 59.6 Å². The van der Waals surface area contributed by atoms with Gasteiger partial charge in [0.1, 0.15) is 5.75 Å². The normalized spacial score (nSPS) is 12.5. The second-order valence-corrected chi connectivity index (χ2v) is 7.29. The standard InChI is InChI=1S/C23H33N5O2/c1-18(28(3)16-19-8-5-4-6-9-19)12-13-26-23(25-2)27-15-20-10-7-11-21(14-20)30-17-22(24)29/h4-11,14,18H,12-13,15-17H2,1-3H3,(H2,24,29)(H2,25,26,27). The molecule has 0 aromatic heterocycles. The zero-order valence-electron chi connectivity index (χ0n) is 18.1. The van der Waals surface area contributed by atoms with Crippen molar-refractivity contribution < 1.29 is 9.53 Å². The van der Waals surface area contributed by atoms with Gasteiger partial charge in [0.2, 0.25) is 0 Å². The van der Waals surface area contributed by atoms with Gasteiger partial charge in [-0.25, -0.2) is 0 Å². The third-order valence-corrected chi connectivity index (χ3v) is 4.84. The first-order chi connectivity index (χ1) is 14.5. The van der Waals surface area contributed by atoms with Crippen LogP contribution in [0.2, 0.25) is 0 Å². The number of nitrogens with zero attached hydrogens (tertiary/aromatic N) is 2. The number of hydrogen-bond acceptors (Lipinski definition) is 4. The summed E-state index contributed by atoms with van der Waals surface area (Å²) < 4.78 is 5.34. The van der Waals surface area contributed by atoms with Crippen LogP contribution < -0.4 is 21.1 Å². The van der Waals surface area contributed by atoms with E-state index in [2.05, 4.69) is 58.8 Å². The van der Waals surface area contributed by atoms with Crippen molar-refractivity contribution in [2.45, 2.75) is 32.5 Å². The molecule has 2 aromatic rings. The second kappa shape index (κ2) is 12.5. The van der Waals surface area contributed by atoms with Gasteiger partial charge < -0.3 is 21.1 Å².